The van der Waals surface area contributed by atoms with Crippen molar-refractivity contribution in [3.63, 3.8) is 0 Å². The molecule has 2 amide bonds. The van der Waals surface area contributed by atoms with Gasteiger partial charge in [-0.15, -0.1) is 0 Å². The zero-order chi connectivity index (χ0) is 14.1. The van der Waals surface area contributed by atoms with Crippen LogP contribution in [-0.4, -0.2) is 22.9 Å². The highest BCUT2D eigenvalue weighted by Gasteiger charge is 2.30. The van der Waals surface area contributed by atoms with Crippen molar-refractivity contribution in [1.29, 1.82) is 0 Å². The topological polar surface area (TPSA) is 84.2 Å². The van der Waals surface area contributed by atoms with E-state index in [9.17, 15) is 9.59 Å². The van der Waals surface area contributed by atoms with Crippen LogP contribution < -0.4 is 16.4 Å². The van der Waals surface area contributed by atoms with Crippen LogP contribution in [0.15, 0.2) is 18.2 Å². The number of aryl methyl sites for hydroxylation is 1. The van der Waals surface area contributed by atoms with Crippen LogP contribution in [0.25, 0.3) is 0 Å². The fourth-order valence-electron chi connectivity index (χ4n) is 2.78. The molecule has 2 aliphatic rings. The van der Waals surface area contributed by atoms with Crippen LogP contribution in [0.5, 0.6) is 0 Å². The Morgan fingerprint density at radius 1 is 1.45 bits per heavy atom. The van der Waals surface area contributed by atoms with Gasteiger partial charge in [0.05, 0.1) is 6.04 Å². The van der Waals surface area contributed by atoms with Crippen LogP contribution in [0.2, 0.25) is 0 Å². The minimum absolute atomic E-state index is 0.0225. The number of nitrogens with two attached hydrogens (primary N) is 1. The molecule has 0 bridgehead atoms. The van der Waals surface area contributed by atoms with E-state index in [0.29, 0.717) is 5.75 Å². The zero-order valence-electron chi connectivity index (χ0n) is 11.0. The zero-order valence-corrected chi connectivity index (χ0v) is 11.8. The number of rotatable bonds is 2. The number of fused-ring (bicyclic) bond motifs is 1. The van der Waals surface area contributed by atoms with Crippen molar-refractivity contribution in [2.75, 3.05) is 11.5 Å². The molecule has 1 aliphatic heterocycles. The minimum Gasteiger partial charge on any atom is -0.399 e. The summed E-state index contributed by atoms with van der Waals surface area (Å²) in [7, 11) is 0. The van der Waals surface area contributed by atoms with Crippen LogP contribution in [0.4, 0.5) is 10.5 Å². The van der Waals surface area contributed by atoms with E-state index in [0.717, 1.165) is 42.3 Å². The Morgan fingerprint density at radius 2 is 2.30 bits per heavy atom. The maximum Gasteiger partial charge on any atom is 0.279 e. The average Bonchev–Trinajstić information content (AvgIpc) is 2.85. The second-order valence-corrected chi connectivity index (χ2v) is 6.20. The Hall–Kier alpha value is -1.69. The Labute approximate surface area is 121 Å². The smallest absolute Gasteiger partial charge is 0.279 e. The first kappa shape index (κ1) is 13.3. The fraction of sp³-hybridized carbons (Fsp3) is 0.429. The molecule has 1 unspecified atom stereocenters. The summed E-state index contributed by atoms with van der Waals surface area (Å²) in [6.07, 6.45) is 2.96. The molecule has 2 atom stereocenters. The molecule has 1 saturated heterocycles. The third-order valence-corrected chi connectivity index (χ3v) is 4.67. The van der Waals surface area contributed by atoms with Gasteiger partial charge in [0.15, 0.2) is 0 Å². The number of benzene rings is 1. The standard InChI is InChI=1S/C14H17N3O2S/c15-9-4-5-10-8(6-9)2-1-3-11(10)16-13(18)12-7-20-14(19)17-12/h4-6,11-12H,1-3,7,15H2,(H,16,18)(H,17,19)/t11?,12-/m0/s1. The summed E-state index contributed by atoms with van der Waals surface area (Å²) < 4.78 is 0. The summed E-state index contributed by atoms with van der Waals surface area (Å²) in [4.78, 5) is 23.3. The van der Waals surface area contributed by atoms with Crippen LogP contribution in [0.3, 0.4) is 0 Å². The minimum atomic E-state index is -0.411. The molecule has 106 valence electrons. The normalized spacial score (nSPS) is 24.9. The van der Waals surface area contributed by atoms with E-state index in [1.807, 2.05) is 18.2 Å². The molecule has 1 fully saturated rings. The van der Waals surface area contributed by atoms with E-state index in [2.05, 4.69) is 10.6 Å². The van der Waals surface area contributed by atoms with Crippen LogP contribution >= 0.6 is 11.8 Å². The summed E-state index contributed by atoms with van der Waals surface area (Å²) in [5, 5.41) is 5.59. The quantitative estimate of drug-likeness (QED) is 0.722. The molecule has 20 heavy (non-hydrogen) atoms. The molecule has 0 spiro atoms. The number of amides is 2. The number of thioether (sulfide) groups is 1. The van der Waals surface area contributed by atoms with Gasteiger partial charge < -0.3 is 16.4 Å². The second kappa shape index (κ2) is 5.36. The lowest BCUT2D eigenvalue weighted by Gasteiger charge is -2.27. The molecule has 0 radical (unpaired) electrons. The van der Waals surface area contributed by atoms with Gasteiger partial charge in [0.2, 0.25) is 5.91 Å². The Morgan fingerprint density at radius 3 is 3.05 bits per heavy atom. The Balaban J connectivity index is 1.73. The molecule has 3 rings (SSSR count). The number of hydrogen-bond donors (Lipinski definition) is 3. The Bertz CT molecular complexity index is 561. The summed E-state index contributed by atoms with van der Waals surface area (Å²) in [5.41, 5.74) is 8.93. The predicted molar refractivity (Wildman–Crippen MR) is 79.5 cm³/mol. The summed E-state index contributed by atoms with van der Waals surface area (Å²) in [6.45, 7) is 0. The average molecular weight is 291 g/mol. The van der Waals surface area contributed by atoms with E-state index < -0.39 is 6.04 Å². The van der Waals surface area contributed by atoms with E-state index in [1.165, 1.54) is 5.56 Å². The van der Waals surface area contributed by atoms with Crippen LogP contribution in [0, 0.1) is 0 Å². The van der Waals surface area contributed by atoms with E-state index >= 15 is 0 Å². The van der Waals surface area contributed by atoms with Gasteiger partial charge in [0.1, 0.15) is 6.04 Å². The second-order valence-electron chi connectivity index (χ2n) is 5.21. The van der Waals surface area contributed by atoms with Gasteiger partial charge in [-0.1, -0.05) is 17.8 Å². The molecular formula is C14H17N3O2S. The van der Waals surface area contributed by atoms with Crippen LogP contribution in [0.1, 0.15) is 30.0 Å². The van der Waals surface area contributed by atoms with Gasteiger partial charge in [-0.05, 0) is 42.5 Å². The monoisotopic (exact) mass is 291 g/mol. The van der Waals surface area contributed by atoms with Crippen molar-refractivity contribution < 1.29 is 9.59 Å². The highest BCUT2D eigenvalue weighted by Crippen LogP contribution is 2.31. The van der Waals surface area contributed by atoms with Crippen molar-refractivity contribution in [2.24, 2.45) is 0 Å². The van der Waals surface area contributed by atoms with Gasteiger partial charge in [-0.25, -0.2) is 0 Å². The Kier molecular flexibility index (Phi) is 3.56. The van der Waals surface area contributed by atoms with Crippen molar-refractivity contribution in [2.45, 2.75) is 31.3 Å². The molecule has 0 aromatic heterocycles. The maximum atomic E-state index is 12.2. The molecule has 6 heteroatoms. The van der Waals surface area contributed by atoms with E-state index in [1.54, 1.807) is 0 Å². The first-order valence-electron chi connectivity index (χ1n) is 6.75. The van der Waals surface area contributed by atoms with Crippen LogP contribution in [-0.2, 0) is 11.2 Å². The molecule has 1 heterocycles. The van der Waals surface area contributed by atoms with Crippen molar-refractivity contribution in [1.82, 2.24) is 10.6 Å². The number of nitrogens with one attached hydrogen (secondary N) is 2. The number of anilines is 1. The molecule has 1 aromatic rings. The fourth-order valence-corrected chi connectivity index (χ4v) is 3.56. The van der Waals surface area contributed by atoms with Crippen molar-refractivity contribution in [3.8, 4) is 0 Å². The number of carbonyl (C=O) groups excluding carboxylic acids is 2. The van der Waals surface area contributed by atoms with Gasteiger partial charge >= 0.3 is 0 Å². The lowest BCUT2D eigenvalue weighted by Crippen LogP contribution is -2.44. The van der Waals surface area contributed by atoms with Crippen molar-refractivity contribution >= 4 is 28.6 Å². The predicted octanol–water partition coefficient (Wildman–Crippen LogP) is 1.59. The number of nitrogen functional groups attached to an aromatic ring is 1. The summed E-state index contributed by atoms with van der Waals surface area (Å²) >= 11 is 1.16. The molecular weight excluding hydrogens is 274 g/mol. The third-order valence-electron chi connectivity index (χ3n) is 3.79. The molecule has 0 saturated carbocycles. The highest BCUT2D eigenvalue weighted by molar-refractivity contribution is 8.14. The molecule has 1 aromatic carbocycles. The van der Waals surface area contributed by atoms with Crippen molar-refractivity contribution in [3.05, 3.63) is 29.3 Å². The first-order chi connectivity index (χ1) is 9.63. The van der Waals surface area contributed by atoms with Gasteiger partial charge in [0, 0.05) is 11.4 Å². The SMILES string of the molecule is Nc1ccc2c(c1)CCCC2NC(=O)[C@@H]1CSC(=O)N1. The first-order valence-corrected chi connectivity index (χ1v) is 7.74. The molecule has 4 N–H and O–H groups in total. The summed E-state index contributed by atoms with van der Waals surface area (Å²) in [6, 6.07) is 5.47. The largest absolute Gasteiger partial charge is 0.399 e. The number of carbonyl (C=O) groups is 2. The lowest BCUT2D eigenvalue weighted by molar-refractivity contribution is -0.123. The van der Waals surface area contributed by atoms with Gasteiger partial charge in [0.25, 0.3) is 5.24 Å². The summed E-state index contributed by atoms with van der Waals surface area (Å²) in [5.74, 6) is 0.407. The lowest BCUT2D eigenvalue weighted by atomic mass is 9.87. The molecule has 5 nitrogen and oxygen atoms in total. The highest BCUT2D eigenvalue weighted by atomic mass is 32.2. The van der Waals surface area contributed by atoms with Gasteiger partial charge in [-0.3, -0.25) is 9.59 Å². The van der Waals surface area contributed by atoms with E-state index in [-0.39, 0.29) is 17.2 Å². The number of hydrogen-bond acceptors (Lipinski definition) is 4. The van der Waals surface area contributed by atoms with E-state index in [4.69, 9.17) is 5.73 Å². The third kappa shape index (κ3) is 2.60. The van der Waals surface area contributed by atoms with Gasteiger partial charge in [-0.2, -0.15) is 0 Å². The maximum absolute atomic E-state index is 12.2. The molecule has 1 aliphatic carbocycles.